The van der Waals surface area contributed by atoms with E-state index in [0.29, 0.717) is 5.92 Å². The molecule has 0 amide bonds. The fourth-order valence-electron chi connectivity index (χ4n) is 1.49. The Labute approximate surface area is 67.3 Å². The summed E-state index contributed by atoms with van der Waals surface area (Å²) < 4.78 is 0. The van der Waals surface area contributed by atoms with Gasteiger partial charge in [0.15, 0.2) is 0 Å². The number of hydrogen-bond acceptors (Lipinski definition) is 1. The number of hydrogen-bond donors (Lipinski definition) is 1. The molecule has 2 bridgehead atoms. The molecule has 1 aromatic rings. The van der Waals surface area contributed by atoms with Crippen LogP contribution in [-0.4, -0.2) is 0 Å². The van der Waals surface area contributed by atoms with Crippen LogP contribution in [0.4, 0.5) is 0 Å². The Balaban J connectivity index is 0.000000605. The van der Waals surface area contributed by atoms with E-state index >= 15 is 0 Å². The summed E-state index contributed by atoms with van der Waals surface area (Å²) in [6.45, 7) is 3.80. The van der Waals surface area contributed by atoms with Gasteiger partial charge in [0, 0.05) is 5.92 Å². The van der Waals surface area contributed by atoms with Gasteiger partial charge >= 0.3 is 0 Å². The first kappa shape index (κ1) is 8.02. The molecule has 0 radical (unpaired) electrons. The van der Waals surface area contributed by atoms with Crippen LogP contribution < -0.4 is 6.15 Å². The lowest BCUT2D eigenvalue weighted by Gasteiger charge is -2.19. The molecule has 0 saturated heterocycles. The Hall–Kier alpha value is -1.08. The van der Waals surface area contributed by atoms with Gasteiger partial charge in [0.2, 0.25) is 0 Å². The van der Waals surface area contributed by atoms with Crippen molar-refractivity contribution in [2.45, 2.75) is 12.3 Å². The van der Waals surface area contributed by atoms with Crippen molar-refractivity contribution in [3.63, 3.8) is 0 Å². The van der Waals surface area contributed by atoms with E-state index in [1.54, 1.807) is 0 Å². The summed E-state index contributed by atoms with van der Waals surface area (Å²) >= 11 is 0. The van der Waals surface area contributed by atoms with Gasteiger partial charge in [0.05, 0.1) is 0 Å². The van der Waals surface area contributed by atoms with Crippen molar-refractivity contribution in [1.29, 1.82) is 0 Å². The summed E-state index contributed by atoms with van der Waals surface area (Å²) in [5.74, 6) is 0.588. The fourth-order valence-corrected chi connectivity index (χ4v) is 1.49. The molecule has 3 N–H and O–H groups in total. The van der Waals surface area contributed by atoms with Gasteiger partial charge in [0.1, 0.15) is 0 Å². The van der Waals surface area contributed by atoms with Gasteiger partial charge in [0.25, 0.3) is 0 Å². The lowest BCUT2D eigenvalue weighted by atomic mass is 9.86. The molecular weight excluding hydrogens is 134 g/mol. The molecule has 1 atom stereocenters. The van der Waals surface area contributed by atoms with E-state index in [1.807, 2.05) is 6.08 Å². The topological polar surface area (TPSA) is 35.0 Å². The minimum Gasteiger partial charge on any atom is -0.344 e. The Morgan fingerprint density at radius 2 is 1.91 bits per heavy atom. The van der Waals surface area contributed by atoms with Crippen LogP contribution in [0.25, 0.3) is 0 Å². The van der Waals surface area contributed by atoms with Crippen molar-refractivity contribution in [1.82, 2.24) is 6.15 Å². The highest BCUT2D eigenvalue weighted by molar-refractivity contribution is 5.35. The van der Waals surface area contributed by atoms with E-state index in [9.17, 15) is 0 Å². The highest BCUT2D eigenvalue weighted by Gasteiger charge is 2.13. The molecule has 11 heavy (non-hydrogen) atoms. The molecule has 0 heterocycles. The van der Waals surface area contributed by atoms with Gasteiger partial charge in [-0.05, 0) is 17.5 Å². The number of allylic oxidation sites excluding steroid dienone is 1. The highest BCUT2D eigenvalue weighted by atomic mass is 14.2. The van der Waals surface area contributed by atoms with Crippen LogP contribution in [0, 0.1) is 0 Å². The van der Waals surface area contributed by atoms with E-state index in [1.165, 1.54) is 11.1 Å². The highest BCUT2D eigenvalue weighted by Crippen LogP contribution is 2.27. The first-order valence-corrected chi connectivity index (χ1v) is 3.61. The molecule has 1 unspecified atom stereocenters. The molecule has 0 fully saturated rings. The number of benzene rings is 1. The summed E-state index contributed by atoms with van der Waals surface area (Å²) in [5, 5.41) is 0. The van der Waals surface area contributed by atoms with E-state index in [0.717, 1.165) is 6.42 Å². The smallest absolute Gasteiger partial charge is 0.00557 e. The predicted octanol–water partition coefficient (Wildman–Crippen LogP) is 2.67. The monoisotopic (exact) mass is 147 g/mol. The lowest BCUT2D eigenvalue weighted by molar-refractivity contribution is 0.809. The van der Waals surface area contributed by atoms with Gasteiger partial charge in [-0.15, -0.1) is 6.58 Å². The van der Waals surface area contributed by atoms with Crippen LogP contribution in [0.2, 0.25) is 0 Å². The van der Waals surface area contributed by atoms with Crippen molar-refractivity contribution in [3.05, 3.63) is 48.0 Å². The lowest BCUT2D eigenvalue weighted by Crippen LogP contribution is -2.05. The summed E-state index contributed by atoms with van der Waals surface area (Å²) in [4.78, 5) is 0. The summed E-state index contributed by atoms with van der Waals surface area (Å²) in [5.41, 5.74) is 2.84. The molecule has 0 saturated carbocycles. The van der Waals surface area contributed by atoms with E-state index in [-0.39, 0.29) is 6.15 Å². The summed E-state index contributed by atoms with van der Waals surface area (Å²) in [6, 6.07) is 8.75. The minimum absolute atomic E-state index is 0. The maximum atomic E-state index is 3.80. The van der Waals surface area contributed by atoms with Crippen molar-refractivity contribution >= 4 is 0 Å². The maximum absolute atomic E-state index is 3.80. The first-order chi connectivity index (χ1) is 4.90. The number of fused-ring (bicyclic) bond motifs is 3. The Kier molecular flexibility index (Phi) is 2.11. The molecule has 0 aromatic heterocycles. The average molecular weight is 147 g/mol. The molecule has 1 aromatic carbocycles. The van der Waals surface area contributed by atoms with Crippen LogP contribution in [0.1, 0.15) is 17.0 Å². The average Bonchev–Trinajstić information content (AvgIpc) is 2.06. The van der Waals surface area contributed by atoms with Crippen LogP contribution in [0.3, 0.4) is 0 Å². The largest absolute Gasteiger partial charge is 0.344 e. The summed E-state index contributed by atoms with van der Waals surface area (Å²) in [6.07, 6.45) is 3.19. The fraction of sp³-hybridized carbons (Fsp3) is 0.200. The SMILES string of the molecule is C=CC1Cc2ccc1cc2.N. The standard InChI is InChI=1S/C10H10.H3N/c1-2-9-7-8-3-5-10(9)6-4-8;/h2-6,9H,1,7H2;1H3. The second-order valence-corrected chi connectivity index (χ2v) is 2.79. The van der Waals surface area contributed by atoms with Crippen LogP contribution in [-0.2, 0) is 6.42 Å². The van der Waals surface area contributed by atoms with Gasteiger partial charge in [-0.25, -0.2) is 0 Å². The summed E-state index contributed by atoms with van der Waals surface area (Å²) in [7, 11) is 0. The van der Waals surface area contributed by atoms with Crippen molar-refractivity contribution in [3.8, 4) is 0 Å². The predicted molar refractivity (Wildman–Crippen MR) is 48.1 cm³/mol. The van der Waals surface area contributed by atoms with Crippen LogP contribution >= 0.6 is 0 Å². The van der Waals surface area contributed by atoms with E-state index in [4.69, 9.17) is 0 Å². The molecule has 1 nitrogen and oxygen atoms in total. The van der Waals surface area contributed by atoms with Crippen LogP contribution in [0.5, 0.6) is 0 Å². The molecule has 0 spiro atoms. The quantitative estimate of drug-likeness (QED) is 0.609. The van der Waals surface area contributed by atoms with Gasteiger partial charge in [-0.1, -0.05) is 30.3 Å². The molecule has 2 aliphatic carbocycles. The Bertz CT molecular complexity index is 248. The molecule has 1 heteroatoms. The minimum atomic E-state index is 0. The second kappa shape index (κ2) is 2.89. The van der Waals surface area contributed by atoms with Crippen LogP contribution in [0.15, 0.2) is 36.9 Å². The molecule has 2 aliphatic rings. The van der Waals surface area contributed by atoms with Gasteiger partial charge < -0.3 is 6.15 Å². The number of rotatable bonds is 1. The van der Waals surface area contributed by atoms with Crippen molar-refractivity contribution < 1.29 is 0 Å². The molecular formula is C10H13N. The third kappa shape index (κ3) is 1.19. The van der Waals surface area contributed by atoms with Crippen molar-refractivity contribution in [2.75, 3.05) is 0 Å². The van der Waals surface area contributed by atoms with Crippen molar-refractivity contribution in [2.24, 2.45) is 0 Å². The van der Waals surface area contributed by atoms with E-state index < -0.39 is 0 Å². The van der Waals surface area contributed by atoms with Gasteiger partial charge in [-0.2, -0.15) is 0 Å². The molecule has 58 valence electrons. The zero-order valence-corrected chi connectivity index (χ0v) is 6.59. The van der Waals surface area contributed by atoms with E-state index in [2.05, 4.69) is 30.8 Å². The Morgan fingerprint density at radius 1 is 1.27 bits per heavy atom. The second-order valence-electron chi connectivity index (χ2n) is 2.79. The third-order valence-corrected chi connectivity index (χ3v) is 2.15. The molecule has 0 aliphatic heterocycles. The molecule has 3 rings (SSSR count). The Morgan fingerprint density at radius 3 is 2.18 bits per heavy atom. The maximum Gasteiger partial charge on any atom is 0.00557 e. The van der Waals surface area contributed by atoms with Gasteiger partial charge in [-0.3, -0.25) is 0 Å². The zero-order chi connectivity index (χ0) is 6.97. The zero-order valence-electron chi connectivity index (χ0n) is 6.59. The normalized spacial score (nSPS) is 19.1. The third-order valence-electron chi connectivity index (χ3n) is 2.15. The first-order valence-electron chi connectivity index (χ1n) is 3.61.